The molecule has 0 spiro atoms. The van der Waals surface area contributed by atoms with Crippen molar-refractivity contribution < 1.29 is 4.79 Å². The van der Waals surface area contributed by atoms with Gasteiger partial charge in [-0.2, -0.15) is 0 Å². The first kappa shape index (κ1) is 13.0. The maximum absolute atomic E-state index is 11.8. The lowest BCUT2D eigenvalue weighted by Gasteiger charge is -2.18. The minimum Gasteiger partial charge on any atom is -0.342 e. The van der Waals surface area contributed by atoms with E-state index in [1.807, 2.05) is 0 Å². The summed E-state index contributed by atoms with van der Waals surface area (Å²) in [5.74, 6) is 1.80. The second-order valence-corrected chi connectivity index (χ2v) is 5.57. The lowest BCUT2D eigenvalue weighted by atomic mass is 9.95. The zero-order valence-corrected chi connectivity index (χ0v) is 11.4. The number of hydrogen-bond acceptors (Lipinski definition) is 1. The first-order chi connectivity index (χ1) is 7.15. The molecule has 1 fully saturated rings. The Bertz CT molecular complexity index is 206. The Morgan fingerprint density at radius 2 is 2.20 bits per heavy atom. The van der Waals surface area contributed by atoms with Gasteiger partial charge in [-0.1, -0.05) is 29.8 Å². The molecule has 1 heterocycles. The summed E-state index contributed by atoms with van der Waals surface area (Å²) in [4.78, 5) is 13.9. The van der Waals surface area contributed by atoms with Crippen LogP contribution in [0.2, 0.25) is 0 Å². The zero-order valence-electron chi connectivity index (χ0n) is 9.84. The SMILES string of the molecule is CC(C)C1CCN(C(=O)CCCCBr)C1. The fourth-order valence-corrected chi connectivity index (χ4v) is 2.48. The van der Waals surface area contributed by atoms with Crippen molar-refractivity contribution in [1.29, 1.82) is 0 Å². The largest absolute Gasteiger partial charge is 0.342 e. The van der Waals surface area contributed by atoms with Crippen LogP contribution in [0.4, 0.5) is 0 Å². The molecule has 1 saturated heterocycles. The molecular formula is C12H22BrNO. The van der Waals surface area contributed by atoms with Gasteiger partial charge in [0.2, 0.25) is 5.91 Å². The number of hydrogen-bond donors (Lipinski definition) is 0. The number of amides is 1. The number of unbranched alkanes of at least 4 members (excludes halogenated alkanes) is 1. The van der Waals surface area contributed by atoms with Crippen molar-refractivity contribution in [2.45, 2.75) is 39.5 Å². The van der Waals surface area contributed by atoms with E-state index < -0.39 is 0 Å². The van der Waals surface area contributed by atoms with Crippen molar-refractivity contribution in [3.63, 3.8) is 0 Å². The fraction of sp³-hybridized carbons (Fsp3) is 0.917. The minimum absolute atomic E-state index is 0.360. The number of halogens is 1. The molecule has 0 aromatic rings. The highest BCUT2D eigenvalue weighted by Gasteiger charge is 2.27. The van der Waals surface area contributed by atoms with E-state index in [-0.39, 0.29) is 0 Å². The number of carbonyl (C=O) groups is 1. The number of likely N-dealkylation sites (tertiary alicyclic amines) is 1. The molecule has 0 bridgehead atoms. The average molecular weight is 276 g/mol. The van der Waals surface area contributed by atoms with Gasteiger partial charge in [0.1, 0.15) is 0 Å². The van der Waals surface area contributed by atoms with Gasteiger partial charge in [0.05, 0.1) is 0 Å². The molecule has 0 N–H and O–H groups in total. The van der Waals surface area contributed by atoms with Crippen LogP contribution in [0.25, 0.3) is 0 Å². The Morgan fingerprint density at radius 1 is 1.47 bits per heavy atom. The summed E-state index contributed by atoms with van der Waals surface area (Å²) >= 11 is 3.39. The molecule has 0 aromatic heterocycles. The first-order valence-corrected chi connectivity index (χ1v) is 7.11. The van der Waals surface area contributed by atoms with Gasteiger partial charge < -0.3 is 4.90 Å². The van der Waals surface area contributed by atoms with Crippen molar-refractivity contribution in [1.82, 2.24) is 4.90 Å². The number of rotatable bonds is 5. The van der Waals surface area contributed by atoms with E-state index in [1.54, 1.807) is 0 Å². The molecule has 3 heteroatoms. The molecule has 1 aliphatic heterocycles. The number of alkyl halides is 1. The Hall–Kier alpha value is -0.0500. The van der Waals surface area contributed by atoms with Crippen LogP contribution in [0.1, 0.15) is 39.5 Å². The normalized spacial score (nSPS) is 21.3. The average Bonchev–Trinajstić information content (AvgIpc) is 2.66. The minimum atomic E-state index is 0.360. The molecule has 15 heavy (non-hydrogen) atoms. The molecule has 88 valence electrons. The lowest BCUT2D eigenvalue weighted by molar-refractivity contribution is -0.130. The topological polar surface area (TPSA) is 20.3 Å². The lowest BCUT2D eigenvalue weighted by Crippen LogP contribution is -2.29. The molecule has 0 radical (unpaired) electrons. The van der Waals surface area contributed by atoms with Crippen molar-refractivity contribution in [3.8, 4) is 0 Å². The summed E-state index contributed by atoms with van der Waals surface area (Å²) in [5.41, 5.74) is 0. The monoisotopic (exact) mass is 275 g/mol. The highest BCUT2D eigenvalue weighted by atomic mass is 79.9. The summed E-state index contributed by atoms with van der Waals surface area (Å²) in [6.07, 6.45) is 4.05. The molecule has 1 amide bonds. The van der Waals surface area contributed by atoms with E-state index in [0.29, 0.717) is 11.8 Å². The molecule has 1 aliphatic rings. The predicted octanol–water partition coefficient (Wildman–Crippen LogP) is 3.06. The van der Waals surface area contributed by atoms with Crippen molar-refractivity contribution in [3.05, 3.63) is 0 Å². The molecular weight excluding hydrogens is 254 g/mol. The van der Waals surface area contributed by atoms with Crippen molar-refractivity contribution in [2.24, 2.45) is 11.8 Å². The van der Waals surface area contributed by atoms with Gasteiger partial charge in [-0.25, -0.2) is 0 Å². The molecule has 0 aromatic carbocycles. The molecule has 0 saturated carbocycles. The van der Waals surface area contributed by atoms with Crippen LogP contribution in [0.15, 0.2) is 0 Å². The van der Waals surface area contributed by atoms with Gasteiger partial charge in [-0.15, -0.1) is 0 Å². The summed E-state index contributed by atoms with van der Waals surface area (Å²) in [7, 11) is 0. The van der Waals surface area contributed by atoms with Gasteiger partial charge in [0.25, 0.3) is 0 Å². The Morgan fingerprint density at radius 3 is 2.73 bits per heavy atom. The smallest absolute Gasteiger partial charge is 0.222 e. The second kappa shape index (κ2) is 6.51. The summed E-state index contributed by atoms with van der Waals surface area (Å²) in [5, 5.41) is 1.01. The summed E-state index contributed by atoms with van der Waals surface area (Å²) < 4.78 is 0. The van der Waals surface area contributed by atoms with Crippen molar-refractivity contribution >= 4 is 21.8 Å². The zero-order chi connectivity index (χ0) is 11.3. The van der Waals surface area contributed by atoms with Crippen LogP contribution in [-0.2, 0) is 4.79 Å². The predicted molar refractivity (Wildman–Crippen MR) is 67.2 cm³/mol. The van der Waals surface area contributed by atoms with Crippen LogP contribution in [-0.4, -0.2) is 29.2 Å². The molecule has 1 atom stereocenters. The maximum Gasteiger partial charge on any atom is 0.222 e. The Balaban J connectivity index is 2.24. The third-order valence-corrected chi connectivity index (χ3v) is 3.86. The maximum atomic E-state index is 11.8. The first-order valence-electron chi connectivity index (χ1n) is 5.99. The van der Waals surface area contributed by atoms with Gasteiger partial charge in [0, 0.05) is 24.8 Å². The van der Waals surface area contributed by atoms with Crippen LogP contribution < -0.4 is 0 Å². The third kappa shape index (κ3) is 4.13. The molecule has 1 unspecified atom stereocenters. The number of nitrogens with zero attached hydrogens (tertiary/aromatic N) is 1. The van der Waals surface area contributed by atoms with E-state index in [1.165, 1.54) is 6.42 Å². The van der Waals surface area contributed by atoms with Gasteiger partial charge >= 0.3 is 0 Å². The van der Waals surface area contributed by atoms with Gasteiger partial charge in [-0.3, -0.25) is 4.79 Å². The van der Waals surface area contributed by atoms with Gasteiger partial charge in [0.15, 0.2) is 0 Å². The van der Waals surface area contributed by atoms with Crippen LogP contribution >= 0.6 is 15.9 Å². The molecule has 1 rings (SSSR count). The number of carbonyl (C=O) groups excluding carboxylic acids is 1. The molecule has 0 aliphatic carbocycles. The van der Waals surface area contributed by atoms with Crippen molar-refractivity contribution in [2.75, 3.05) is 18.4 Å². The van der Waals surface area contributed by atoms with E-state index >= 15 is 0 Å². The van der Waals surface area contributed by atoms with Crippen LogP contribution in [0.5, 0.6) is 0 Å². The van der Waals surface area contributed by atoms with E-state index in [0.717, 1.165) is 43.6 Å². The summed E-state index contributed by atoms with van der Waals surface area (Å²) in [6, 6.07) is 0. The van der Waals surface area contributed by atoms with E-state index in [2.05, 4.69) is 34.7 Å². The summed E-state index contributed by atoms with van der Waals surface area (Å²) in [6.45, 7) is 6.48. The van der Waals surface area contributed by atoms with Crippen LogP contribution in [0, 0.1) is 11.8 Å². The van der Waals surface area contributed by atoms with E-state index in [9.17, 15) is 4.79 Å². The quantitative estimate of drug-likeness (QED) is 0.558. The van der Waals surface area contributed by atoms with Crippen LogP contribution in [0.3, 0.4) is 0 Å². The third-order valence-electron chi connectivity index (χ3n) is 3.29. The Labute approximate surface area is 102 Å². The second-order valence-electron chi connectivity index (χ2n) is 4.78. The highest BCUT2D eigenvalue weighted by Crippen LogP contribution is 2.24. The van der Waals surface area contributed by atoms with Gasteiger partial charge in [-0.05, 0) is 31.1 Å². The van der Waals surface area contributed by atoms with E-state index in [4.69, 9.17) is 0 Å². The molecule has 2 nitrogen and oxygen atoms in total. The highest BCUT2D eigenvalue weighted by molar-refractivity contribution is 9.09. The fourth-order valence-electron chi connectivity index (χ4n) is 2.09. The Kier molecular flexibility index (Phi) is 5.65. The standard InChI is InChI=1S/C12H22BrNO/c1-10(2)11-6-8-14(9-11)12(15)5-3-4-7-13/h10-11H,3-9H2,1-2H3.